The average Bonchev–Trinajstić information content (AvgIpc) is 2.93. The molecule has 0 spiro atoms. The summed E-state index contributed by atoms with van der Waals surface area (Å²) in [6.07, 6.45) is -7.54. The molecule has 2 heterocycles. The van der Waals surface area contributed by atoms with E-state index < -0.39 is 66.1 Å². The zero-order valence-corrected chi connectivity index (χ0v) is 21.8. The highest BCUT2D eigenvalue weighted by Crippen LogP contribution is 2.43. The topological polar surface area (TPSA) is 206 Å². The van der Waals surface area contributed by atoms with Gasteiger partial charge in [-0.1, -0.05) is 13.8 Å². The lowest BCUT2D eigenvalue weighted by molar-refractivity contribution is -0.279. The first-order valence-corrected chi connectivity index (χ1v) is 12.4. The van der Waals surface area contributed by atoms with Gasteiger partial charge >= 0.3 is 5.97 Å². The first kappa shape index (κ1) is 29.0. The average molecular weight is 563 g/mol. The predicted octanol–water partition coefficient (Wildman–Crippen LogP) is 1.36. The highest BCUT2D eigenvalue weighted by atomic mass is 16.7. The van der Waals surface area contributed by atoms with E-state index in [0.717, 1.165) is 6.07 Å². The van der Waals surface area contributed by atoms with E-state index >= 15 is 0 Å². The Bertz CT molecular complexity index is 1450. The van der Waals surface area contributed by atoms with E-state index in [4.69, 9.17) is 23.4 Å². The lowest BCUT2D eigenvalue weighted by atomic mass is 9.99. The number of fused-ring (bicyclic) bond motifs is 1. The van der Waals surface area contributed by atoms with E-state index in [1.54, 1.807) is 13.8 Å². The fourth-order valence-corrected chi connectivity index (χ4v) is 4.12. The molecule has 216 valence electrons. The molecule has 2 aromatic carbocycles. The zero-order valence-electron chi connectivity index (χ0n) is 21.8. The third-order valence-corrected chi connectivity index (χ3v) is 6.69. The number of carbonyl (C=O) groups excluding carboxylic acids is 1. The minimum absolute atomic E-state index is 0.0148. The van der Waals surface area contributed by atoms with Crippen LogP contribution in [-0.4, -0.2) is 81.0 Å². The van der Waals surface area contributed by atoms with Crippen LogP contribution in [0.4, 0.5) is 0 Å². The van der Waals surface area contributed by atoms with Crippen LogP contribution >= 0.6 is 0 Å². The van der Waals surface area contributed by atoms with Crippen molar-refractivity contribution in [2.45, 2.75) is 51.0 Å². The second-order valence-electron chi connectivity index (χ2n) is 9.38. The number of esters is 1. The van der Waals surface area contributed by atoms with E-state index in [1.165, 1.54) is 31.4 Å². The molecule has 0 amide bonds. The van der Waals surface area contributed by atoms with Gasteiger partial charge in [-0.05, 0) is 24.6 Å². The predicted molar refractivity (Wildman–Crippen MR) is 137 cm³/mol. The summed E-state index contributed by atoms with van der Waals surface area (Å²) in [6, 6.07) is 6.03. The Hall–Kier alpha value is -4.04. The molecule has 6 atom stereocenters. The van der Waals surface area contributed by atoms with Gasteiger partial charge in [0.05, 0.1) is 13.0 Å². The van der Waals surface area contributed by atoms with Crippen LogP contribution in [-0.2, 0) is 14.3 Å². The Morgan fingerprint density at radius 1 is 1.02 bits per heavy atom. The van der Waals surface area contributed by atoms with Crippen LogP contribution in [0.5, 0.6) is 28.7 Å². The highest BCUT2D eigenvalue weighted by Gasteiger charge is 2.46. The number of phenolic OH excluding ortho intramolecular Hbond substituents is 3. The summed E-state index contributed by atoms with van der Waals surface area (Å²) in [5, 5.41) is 61.3. The SMILES string of the molecule is CCC(C)C(=O)OC[C@H]1O[C@@H](Oc2cc3oc(-c4ccc(O)c(O)c4)cc(=O)c3c(O)c2OC)[C@H](O)[C@@H](O)[C@@H]1O. The molecule has 1 unspecified atom stereocenters. The number of ether oxygens (including phenoxy) is 4. The Balaban J connectivity index is 1.68. The number of aromatic hydroxyl groups is 3. The molecule has 1 aliphatic rings. The van der Waals surface area contributed by atoms with Crippen LogP contribution in [0.2, 0.25) is 0 Å². The summed E-state index contributed by atoms with van der Waals surface area (Å²) in [4.78, 5) is 25.0. The molecule has 1 saturated heterocycles. The molecule has 13 nitrogen and oxygen atoms in total. The van der Waals surface area contributed by atoms with E-state index in [9.17, 15) is 40.2 Å². The summed E-state index contributed by atoms with van der Waals surface area (Å²) in [5.41, 5.74) is -0.597. The van der Waals surface area contributed by atoms with E-state index in [1.807, 2.05) is 0 Å². The molecular weight excluding hydrogens is 532 g/mol. The molecule has 0 saturated carbocycles. The van der Waals surface area contributed by atoms with Gasteiger partial charge in [0.1, 0.15) is 47.8 Å². The summed E-state index contributed by atoms with van der Waals surface area (Å²) >= 11 is 0. The number of benzene rings is 2. The Kier molecular flexibility index (Phi) is 8.40. The van der Waals surface area contributed by atoms with E-state index in [-0.39, 0.29) is 39.5 Å². The molecule has 1 aromatic heterocycles. The number of hydrogen-bond donors (Lipinski definition) is 6. The van der Waals surface area contributed by atoms with Gasteiger partial charge in [-0.15, -0.1) is 0 Å². The smallest absolute Gasteiger partial charge is 0.308 e. The van der Waals surface area contributed by atoms with Gasteiger partial charge < -0.3 is 54.0 Å². The molecule has 1 fully saturated rings. The minimum Gasteiger partial charge on any atom is -0.504 e. The largest absolute Gasteiger partial charge is 0.504 e. The summed E-state index contributed by atoms with van der Waals surface area (Å²) < 4.78 is 27.5. The molecular formula is C27H30O13. The van der Waals surface area contributed by atoms with Crippen LogP contribution in [0.25, 0.3) is 22.3 Å². The van der Waals surface area contributed by atoms with Crippen LogP contribution in [0.3, 0.4) is 0 Å². The lowest BCUT2D eigenvalue weighted by Crippen LogP contribution is -2.60. The Morgan fingerprint density at radius 2 is 1.75 bits per heavy atom. The van der Waals surface area contributed by atoms with Crippen molar-refractivity contribution in [2.75, 3.05) is 13.7 Å². The Labute approximate surface area is 227 Å². The molecule has 0 radical (unpaired) electrons. The maximum Gasteiger partial charge on any atom is 0.308 e. The van der Waals surface area contributed by atoms with Crippen LogP contribution in [0.1, 0.15) is 20.3 Å². The zero-order chi connectivity index (χ0) is 29.3. The van der Waals surface area contributed by atoms with Crippen molar-refractivity contribution in [3.05, 3.63) is 40.6 Å². The van der Waals surface area contributed by atoms with Gasteiger partial charge in [0.2, 0.25) is 12.0 Å². The van der Waals surface area contributed by atoms with Gasteiger partial charge in [0, 0.05) is 17.7 Å². The minimum atomic E-state index is -1.78. The van der Waals surface area contributed by atoms with Crippen molar-refractivity contribution < 1.29 is 58.8 Å². The van der Waals surface area contributed by atoms with Gasteiger partial charge in [0.25, 0.3) is 0 Å². The molecule has 0 aliphatic carbocycles. The molecule has 1 aliphatic heterocycles. The van der Waals surface area contributed by atoms with Crippen molar-refractivity contribution in [3.63, 3.8) is 0 Å². The third-order valence-electron chi connectivity index (χ3n) is 6.69. The van der Waals surface area contributed by atoms with Crippen LogP contribution < -0.4 is 14.9 Å². The number of hydrogen-bond acceptors (Lipinski definition) is 13. The van der Waals surface area contributed by atoms with Crippen molar-refractivity contribution >= 4 is 16.9 Å². The second-order valence-corrected chi connectivity index (χ2v) is 9.38. The van der Waals surface area contributed by atoms with Gasteiger partial charge in [-0.3, -0.25) is 9.59 Å². The quantitative estimate of drug-likeness (QED) is 0.170. The van der Waals surface area contributed by atoms with Crippen molar-refractivity contribution in [1.29, 1.82) is 0 Å². The number of methoxy groups -OCH3 is 1. The standard InChI is InChI=1S/C27H30O13/c1-4-11(2)26(35)37-10-19-21(31)23(33)24(34)27(40-19)39-18-9-17-20(22(32)25(18)36-3)15(30)8-16(38-17)12-5-6-13(28)14(29)7-12/h5-9,11,19,21,23-24,27-29,31-34H,4,10H2,1-3H3/t11?,19-,21-,23+,24-,27-/m1/s1. The maximum atomic E-state index is 12.9. The van der Waals surface area contributed by atoms with Crippen LogP contribution in [0.15, 0.2) is 39.5 Å². The number of aliphatic hydroxyl groups excluding tert-OH is 3. The maximum absolute atomic E-state index is 12.9. The third kappa shape index (κ3) is 5.49. The van der Waals surface area contributed by atoms with Gasteiger partial charge in [0.15, 0.2) is 28.4 Å². The molecule has 0 bridgehead atoms. The normalized spacial score (nSPS) is 23.5. The fraction of sp³-hybridized carbons (Fsp3) is 0.407. The van der Waals surface area contributed by atoms with Crippen molar-refractivity contribution in [1.82, 2.24) is 0 Å². The number of carbonyl (C=O) groups is 1. The number of aliphatic hydroxyl groups is 3. The first-order valence-electron chi connectivity index (χ1n) is 12.4. The lowest BCUT2D eigenvalue weighted by Gasteiger charge is -2.40. The highest BCUT2D eigenvalue weighted by molar-refractivity contribution is 5.89. The summed E-state index contributed by atoms with van der Waals surface area (Å²) in [6.45, 7) is 3.03. The fourth-order valence-electron chi connectivity index (χ4n) is 4.12. The van der Waals surface area contributed by atoms with Crippen LogP contribution in [0, 0.1) is 5.92 Å². The first-order chi connectivity index (χ1) is 19.0. The van der Waals surface area contributed by atoms with Gasteiger partial charge in [-0.25, -0.2) is 0 Å². The van der Waals surface area contributed by atoms with E-state index in [0.29, 0.717) is 6.42 Å². The monoisotopic (exact) mass is 562 g/mol. The number of rotatable bonds is 8. The number of phenols is 3. The van der Waals surface area contributed by atoms with Crippen molar-refractivity contribution in [3.8, 4) is 40.1 Å². The Morgan fingerprint density at radius 3 is 2.40 bits per heavy atom. The van der Waals surface area contributed by atoms with E-state index in [2.05, 4.69) is 0 Å². The second kappa shape index (κ2) is 11.6. The molecule has 4 rings (SSSR count). The molecule has 6 N–H and O–H groups in total. The van der Waals surface area contributed by atoms with Crippen molar-refractivity contribution in [2.24, 2.45) is 5.92 Å². The summed E-state index contributed by atoms with van der Waals surface area (Å²) in [7, 11) is 1.19. The molecule has 13 heteroatoms. The summed E-state index contributed by atoms with van der Waals surface area (Å²) in [5.74, 6) is -3.00. The van der Waals surface area contributed by atoms with Gasteiger partial charge in [-0.2, -0.15) is 0 Å². The molecule has 3 aromatic rings. The molecule has 40 heavy (non-hydrogen) atoms.